The summed E-state index contributed by atoms with van der Waals surface area (Å²) in [5.74, 6) is -1.20. The van der Waals surface area contributed by atoms with E-state index in [1.165, 1.54) is 16.0 Å². The fourth-order valence-corrected chi connectivity index (χ4v) is 5.32. The third kappa shape index (κ3) is 5.84. The highest BCUT2D eigenvalue weighted by atomic mass is 16.5. The normalized spacial score (nSPS) is 15.4. The van der Waals surface area contributed by atoms with Crippen LogP contribution in [0.4, 0.5) is 4.79 Å². The topological polar surface area (TPSA) is 95.9 Å². The van der Waals surface area contributed by atoms with Gasteiger partial charge in [0.2, 0.25) is 5.91 Å². The van der Waals surface area contributed by atoms with Gasteiger partial charge >= 0.3 is 12.1 Å². The first kappa shape index (κ1) is 24.8. The summed E-state index contributed by atoms with van der Waals surface area (Å²) in [5, 5.41) is 12.1. The van der Waals surface area contributed by atoms with E-state index in [-0.39, 0.29) is 37.4 Å². The van der Waals surface area contributed by atoms with E-state index in [0.717, 1.165) is 36.8 Å². The maximum Gasteiger partial charge on any atom is 0.407 e. The molecule has 186 valence electrons. The highest BCUT2D eigenvalue weighted by molar-refractivity contribution is 5.82. The van der Waals surface area contributed by atoms with Gasteiger partial charge in [-0.2, -0.15) is 0 Å². The number of alkyl carbamates (subject to hydrolysis) is 1. The Morgan fingerprint density at radius 2 is 1.57 bits per heavy atom. The van der Waals surface area contributed by atoms with Gasteiger partial charge in [0.25, 0.3) is 0 Å². The van der Waals surface area contributed by atoms with E-state index in [4.69, 9.17) is 4.74 Å². The molecule has 2 aromatic carbocycles. The maximum atomic E-state index is 12.9. The van der Waals surface area contributed by atoms with Crippen molar-refractivity contribution in [2.75, 3.05) is 13.2 Å². The number of hydrogen-bond donors (Lipinski definition) is 2. The van der Waals surface area contributed by atoms with Crippen LogP contribution in [0.1, 0.15) is 69.4 Å². The number of ether oxygens (including phenoxy) is 1. The Labute approximate surface area is 206 Å². The van der Waals surface area contributed by atoms with E-state index in [1.54, 1.807) is 0 Å². The summed E-state index contributed by atoms with van der Waals surface area (Å²) >= 11 is 0. The number of hydrogen-bond acceptors (Lipinski definition) is 4. The minimum Gasteiger partial charge on any atom is -0.480 e. The van der Waals surface area contributed by atoms with Crippen LogP contribution in [0.3, 0.4) is 0 Å². The van der Waals surface area contributed by atoms with Crippen LogP contribution >= 0.6 is 0 Å². The van der Waals surface area contributed by atoms with Gasteiger partial charge in [-0.1, -0.05) is 61.4 Å². The number of benzene rings is 2. The fraction of sp³-hybridized carbons (Fsp3) is 0.464. The molecule has 2 aliphatic rings. The van der Waals surface area contributed by atoms with E-state index in [0.29, 0.717) is 6.42 Å². The van der Waals surface area contributed by atoms with Crippen LogP contribution in [0, 0.1) is 0 Å². The average Bonchev–Trinajstić information content (AvgIpc) is 3.46. The highest BCUT2D eigenvalue weighted by Crippen LogP contribution is 2.44. The van der Waals surface area contributed by atoms with Crippen molar-refractivity contribution in [3.05, 3.63) is 59.7 Å². The van der Waals surface area contributed by atoms with Crippen molar-refractivity contribution in [3.8, 4) is 11.1 Å². The lowest BCUT2D eigenvalue weighted by Gasteiger charge is -2.30. The second kappa shape index (κ2) is 10.5. The van der Waals surface area contributed by atoms with Crippen LogP contribution < -0.4 is 5.32 Å². The molecule has 0 unspecified atom stereocenters. The predicted molar refractivity (Wildman–Crippen MR) is 133 cm³/mol. The molecule has 2 aliphatic carbocycles. The summed E-state index contributed by atoms with van der Waals surface area (Å²) in [4.78, 5) is 38.3. The van der Waals surface area contributed by atoms with Crippen molar-refractivity contribution in [1.82, 2.24) is 10.2 Å². The van der Waals surface area contributed by atoms with Crippen LogP contribution in [0.25, 0.3) is 11.1 Å². The molecule has 1 fully saturated rings. The lowest BCUT2D eigenvalue weighted by molar-refractivity contribution is -0.146. The minimum atomic E-state index is -0.999. The number of carboxylic acid groups (broad SMARTS) is 1. The average molecular weight is 479 g/mol. The monoisotopic (exact) mass is 478 g/mol. The van der Waals surface area contributed by atoms with Crippen molar-refractivity contribution in [3.63, 3.8) is 0 Å². The summed E-state index contributed by atoms with van der Waals surface area (Å²) in [7, 11) is 0. The first-order valence-electron chi connectivity index (χ1n) is 12.4. The Morgan fingerprint density at radius 1 is 1.00 bits per heavy atom. The van der Waals surface area contributed by atoms with Gasteiger partial charge in [0.15, 0.2) is 0 Å². The molecular weight excluding hydrogens is 444 g/mol. The smallest absolute Gasteiger partial charge is 0.407 e. The Bertz CT molecular complexity index is 1040. The van der Waals surface area contributed by atoms with Gasteiger partial charge in [0.05, 0.1) is 0 Å². The molecule has 0 spiro atoms. The second-order valence-electron chi connectivity index (χ2n) is 10.2. The zero-order valence-electron chi connectivity index (χ0n) is 20.5. The van der Waals surface area contributed by atoms with E-state index < -0.39 is 17.6 Å². The third-order valence-electron chi connectivity index (χ3n) is 7.14. The van der Waals surface area contributed by atoms with E-state index in [2.05, 4.69) is 29.6 Å². The Kier molecular flexibility index (Phi) is 7.43. The molecule has 2 aromatic rings. The molecule has 0 heterocycles. The molecule has 35 heavy (non-hydrogen) atoms. The van der Waals surface area contributed by atoms with E-state index >= 15 is 0 Å². The van der Waals surface area contributed by atoms with Gasteiger partial charge in [-0.3, -0.25) is 9.59 Å². The Hall–Kier alpha value is -3.35. The molecule has 1 saturated carbocycles. The van der Waals surface area contributed by atoms with Gasteiger partial charge in [0, 0.05) is 23.9 Å². The van der Waals surface area contributed by atoms with Gasteiger partial charge < -0.3 is 20.1 Å². The van der Waals surface area contributed by atoms with Crippen molar-refractivity contribution in [2.45, 2.75) is 69.9 Å². The Morgan fingerprint density at radius 3 is 2.14 bits per heavy atom. The molecule has 0 saturated heterocycles. The maximum absolute atomic E-state index is 12.9. The second-order valence-corrected chi connectivity index (χ2v) is 10.2. The van der Waals surface area contributed by atoms with Crippen LogP contribution in [-0.2, 0) is 14.3 Å². The molecular formula is C28H34N2O5. The largest absolute Gasteiger partial charge is 0.480 e. The molecule has 4 rings (SSSR count). The zero-order chi connectivity index (χ0) is 25.0. The quantitative estimate of drug-likeness (QED) is 0.532. The van der Waals surface area contributed by atoms with Crippen LogP contribution in [-0.4, -0.2) is 52.7 Å². The van der Waals surface area contributed by atoms with Crippen LogP contribution in [0.5, 0.6) is 0 Å². The number of rotatable bonds is 9. The fourth-order valence-electron chi connectivity index (χ4n) is 5.32. The van der Waals surface area contributed by atoms with Gasteiger partial charge in [-0.25, -0.2) is 4.79 Å². The summed E-state index contributed by atoms with van der Waals surface area (Å²) in [6, 6.07) is 16.3. The van der Waals surface area contributed by atoms with Crippen molar-refractivity contribution < 1.29 is 24.2 Å². The summed E-state index contributed by atoms with van der Waals surface area (Å²) in [5.41, 5.74) is 3.96. The number of carbonyl (C=O) groups excluding carboxylic acids is 2. The molecule has 0 radical (unpaired) electrons. The first-order valence-corrected chi connectivity index (χ1v) is 12.4. The Balaban J connectivity index is 1.31. The van der Waals surface area contributed by atoms with E-state index in [1.807, 2.05) is 38.1 Å². The number of fused-ring (bicyclic) bond motifs is 3. The van der Waals surface area contributed by atoms with Gasteiger partial charge in [-0.15, -0.1) is 0 Å². The molecule has 2 N–H and O–H groups in total. The lowest BCUT2D eigenvalue weighted by atomic mass is 9.97. The van der Waals surface area contributed by atoms with Crippen molar-refractivity contribution >= 4 is 18.0 Å². The minimum absolute atomic E-state index is 0.00296. The van der Waals surface area contributed by atoms with E-state index in [9.17, 15) is 19.5 Å². The number of nitrogens with zero attached hydrogens (tertiary/aromatic N) is 1. The number of nitrogens with one attached hydrogen (secondary N) is 1. The third-order valence-corrected chi connectivity index (χ3v) is 7.14. The number of amides is 2. The summed E-state index contributed by atoms with van der Waals surface area (Å²) in [6.45, 7) is 3.64. The standard InChI is InChI=1S/C28H34N2O5/c1-28(2,16-15-25(31)30(17-26(32)33)19-9-3-4-10-19)29-27(34)35-18-24-22-13-7-5-11-20(22)21-12-6-8-14-23(21)24/h5-8,11-14,19,24H,3-4,9-10,15-18H2,1-2H3,(H,29,34)(H,32,33). The SMILES string of the molecule is CC(C)(CCC(=O)N(CC(=O)O)C1CCCC1)NC(=O)OCC1c2ccccc2-c2ccccc21. The molecule has 0 atom stereocenters. The molecule has 0 bridgehead atoms. The molecule has 7 heteroatoms. The lowest BCUT2D eigenvalue weighted by Crippen LogP contribution is -2.46. The predicted octanol–water partition coefficient (Wildman–Crippen LogP) is 4.94. The molecule has 2 amide bonds. The summed E-state index contributed by atoms with van der Waals surface area (Å²) in [6.07, 6.45) is 3.76. The molecule has 0 aliphatic heterocycles. The molecule has 7 nitrogen and oxygen atoms in total. The number of aliphatic carboxylic acids is 1. The van der Waals surface area contributed by atoms with Crippen LogP contribution in [0.2, 0.25) is 0 Å². The number of carboxylic acids is 1. The van der Waals surface area contributed by atoms with Crippen LogP contribution in [0.15, 0.2) is 48.5 Å². The first-order chi connectivity index (χ1) is 16.7. The van der Waals surface area contributed by atoms with Crippen molar-refractivity contribution in [2.24, 2.45) is 0 Å². The van der Waals surface area contributed by atoms with Gasteiger partial charge in [-0.05, 0) is 55.4 Å². The number of carbonyl (C=O) groups is 3. The summed E-state index contributed by atoms with van der Waals surface area (Å²) < 4.78 is 5.64. The van der Waals surface area contributed by atoms with Crippen molar-refractivity contribution in [1.29, 1.82) is 0 Å². The highest BCUT2D eigenvalue weighted by Gasteiger charge is 2.32. The molecule has 0 aromatic heterocycles. The van der Waals surface area contributed by atoms with Gasteiger partial charge in [0.1, 0.15) is 13.2 Å². The zero-order valence-corrected chi connectivity index (χ0v) is 20.5.